The molecule has 0 aliphatic rings. The largest absolute Gasteiger partial charge is 0.488 e. The van der Waals surface area contributed by atoms with Crippen LogP contribution < -0.4 is 4.74 Å². The predicted octanol–water partition coefficient (Wildman–Crippen LogP) is 4.08. The molecule has 0 atom stereocenters. The normalized spacial score (nSPS) is 11.3. The fraction of sp³-hybridized carbons (Fsp3) is 0.143. The molecule has 0 spiro atoms. The summed E-state index contributed by atoms with van der Waals surface area (Å²) in [6, 6.07) is 15.2. The fourth-order valence-corrected chi connectivity index (χ4v) is 1.49. The summed E-state index contributed by atoms with van der Waals surface area (Å²) in [6.07, 6.45) is -4.43. The van der Waals surface area contributed by atoms with Crippen molar-refractivity contribution in [2.45, 2.75) is 12.8 Å². The van der Waals surface area contributed by atoms with Crippen LogP contribution in [0.5, 0.6) is 5.75 Å². The summed E-state index contributed by atoms with van der Waals surface area (Å²) in [5.41, 5.74) is 0.00353. The van der Waals surface area contributed by atoms with E-state index >= 15 is 0 Å². The van der Waals surface area contributed by atoms with Crippen LogP contribution in [0.4, 0.5) is 13.2 Å². The van der Waals surface area contributed by atoms with Crippen LogP contribution in [0, 0.1) is 6.07 Å². The van der Waals surface area contributed by atoms with Crippen LogP contribution in [0.3, 0.4) is 0 Å². The Kier molecular flexibility index (Phi) is 3.55. The second-order valence-electron chi connectivity index (χ2n) is 3.68. The standard InChI is InChI=1S/C14H10F3O/c15-14(16,17)12-8-4-5-9-13(12)18-10-11-6-2-1-3-7-11/h1-8H,10H2. The van der Waals surface area contributed by atoms with Gasteiger partial charge in [-0.05, 0) is 11.6 Å². The minimum Gasteiger partial charge on any atom is -0.488 e. The SMILES string of the molecule is FC(F)(F)c1ccc[c]c1OCc1ccccc1. The van der Waals surface area contributed by atoms with Crippen LogP contribution in [-0.2, 0) is 12.8 Å². The Morgan fingerprint density at radius 1 is 1.00 bits per heavy atom. The molecule has 2 rings (SSSR count). The first-order chi connectivity index (χ1) is 8.57. The quantitative estimate of drug-likeness (QED) is 0.798. The Labute approximate surface area is 103 Å². The number of rotatable bonds is 3. The number of halogens is 3. The van der Waals surface area contributed by atoms with Gasteiger partial charge in [-0.2, -0.15) is 13.2 Å². The van der Waals surface area contributed by atoms with Crippen LogP contribution in [0.25, 0.3) is 0 Å². The van der Waals surface area contributed by atoms with Gasteiger partial charge in [0.15, 0.2) is 0 Å². The average molecular weight is 251 g/mol. The molecule has 93 valence electrons. The molecule has 0 saturated carbocycles. The molecule has 1 radical (unpaired) electrons. The molecular weight excluding hydrogens is 241 g/mol. The van der Waals surface area contributed by atoms with Crippen LogP contribution in [0.1, 0.15) is 11.1 Å². The van der Waals surface area contributed by atoms with Crippen LogP contribution in [0.15, 0.2) is 48.5 Å². The van der Waals surface area contributed by atoms with Crippen molar-refractivity contribution in [3.8, 4) is 5.75 Å². The van der Waals surface area contributed by atoms with E-state index in [1.807, 2.05) is 6.07 Å². The van der Waals surface area contributed by atoms with Gasteiger partial charge in [0.1, 0.15) is 12.4 Å². The third kappa shape index (κ3) is 3.03. The lowest BCUT2D eigenvalue weighted by Crippen LogP contribution is -2.08. The van der Waals surface area contributed by atoms with Gasteiger partial charge in [-0.1, -0.05) is 42.5 Å². The summed E-state index contributed by atoms with van der Waals surface area (Å²) in [5.74, 6) is -0.270. The molecule has 0 aromatic heterocycles. The van der Waals surface area contributed by atoms with Crippen molar-refractivity contribution in [3.05, 3.63) is 65.7 Å². The Morgan fingerprint density at radius 2 is 1.72 bits per heavy atom. The third-order valence-electron chi connectivity index (χ3n) is 2.35. The highest BCUT2D eigenvalue weighted by molar-refractivity contribution is 5.34. The van der Waals surface area contributed by atoms with Crippen molar-refractivity contribution in [2.24, 2.45) is 0 Å². The van der Waals surface area contributed by atoms with E-state index < -0.39 is 11.7 Å². The Balaban J connectivity index is 2.15. The van der Waals surface area contributed by atoms with E-state index in [1.54, 1.807) is 24.3 Å². The summed E-state index contributed by atoms with van der Waals surface area (Å²) < 4.78 is 43.2. The Bertz CT molecular complexity index is 506. The average Bonchev–Trinajstić information content (AvgIpc) is 2.37. The van der Waals surface area contributed by atoms with Gasteiger partial charge in [-0.15, -0.1) is 0 Å². The maximum absolute atomic E-state index is 12.7. The Morgan fingerprint density at radius 3 is 2.39 bits per heavy atom. The van der Waals surface area contributed by atoms with Gasteiger partial charge in [-0.25, -0.2) is 0 Å². The molecule has 0 unspecified atom stereocenters. The monoisotopic (exact) mass is 251 g/mol. The molecule has 2 aromatic carbocycles. The van der Waals surface area contributed by atoms with Gasteiger partial charge < -0.3 is 4.74 Å². The molecule has 1 nitrogen and oxygen atoms in total. The van der Waals surface area contributed by atoms with Crippen LogP contribution in [-0.4, -0.2) is 0 Å². The van der Waals surface area contributed by atoms with Crippen molar-refractivity contribution in [1.82, 2.24) is 0 Å². The zero-order chi connectivity index (χ0) is 13.0. The van der Waals surface area contributed by atoms with E-state index in [-0.39, 0.29) is 12.4 Å². The molecule has 0 N–H and O–H groups in total. The molecule has 0 aliphatic heterocycles. The van der Waals surface area contributed by atoms with Crippen molar-refractivity contribution in [1.29, 1.82) is 0 Å². The summed E-state index contributed by atoms with van der Waals surface area (Å²) in [6.45, 7) is 0.0877. The fourth-order valence-electron chi connectivity index (χ4n) is 1.49. The van der Waals surface area contributed by atoms with E-state index in [0.717, 1.165) is 11.6 Å². The highest BCUT2D eigenvalue weighted by atomic mass is 19.4. The summed E-state index contributed by atoms with van der Waals surface area (Å²) >= 11 is 0. The van der Waals surface area contributed by atoms with Crippen LogP contribution >= 0.6 is 0 Å². The molecule has 0 fully saturated rings. The first-order valence-corrected chi connectivity index (χ1v) is 5.32. The maximum atomic E-state index is 12.7. The van der Waals surface area contributed by atoms with Gasteiger partial charge in [0.2, 0.25) is 0 Å². The summed E-state index contributed by atoms with van der Waals surface area (Å²) in [4.78, 5) is 0. The number of hydrogen-bond donors (Lipinski definition) is 0. The number of alkyl halides is 3. The lowest BCUT2D eigenvalue weighted by atomic mass is 10.2. The topological polar surface area (TPSA) is 9.23 Å². The van der Waals surface area contributed by atoms with Gasteiger partial charge in [-0.3, -0.25) is 0 Å². The van der Waals surface area contributed by atoms with Crippen molar-refractivity contribution < 1.29 is 17.9 Å². The second kappa shape index (κ2) is 5.12. The minimum atomic E-state index is -4.43. The van der Waals surface area contributed by atoms with Crippen LogP contribution in [0.2, 0.25) is 0 Å². The molecule has 0 saturated heterocycles. The first-order valence-electron chi connectivity index (χ1n) is 5.32. The van der Waals surface area contributed by atoms with E-state index in [2.05, 4.69) is 6.07 Å². The number of ether oxygens (including phenoxy) is 1. The molecular formula is C14H10F3O. The second-order valence-corrected chi connectivity index (χ2v) is 3.68. The smallest absolute Gasteiger partial charge is 0.419 e. The minimum absolute atomic E-state index is 0.0877. The summed E-state index contributed by atoms with van der Waals surface area (Å²) in [5, 5.41) is 0. The van der Waals surface area contributed by atoms with E-state index in [4.69, 9.17) is 4.74 Å². The lowest BCUT2D eigenvalue weighted by Gasteiger charge is -2.13. The van der Waals surface area contributed by atoms with Crippen molar-refractivity contribution >= 4 is 0 Å². The maximum Gasteiger partial charge on any atom is 0.419 e. The number of hydrogen-bond acceptors (Lipinski definition) is 1. The summed E-state index contributed by atoms with van der Waals surface area (Å²) in [7, 11) is 0. The molecule has 0 bridgehead atoms. The third-order valence-corrected chi connectivity index (χ3v) is 2.35. The van der Waals surface area contributed by atoms with Gasteiger partial charge in [0.25, 0.3) is 0 Å². The predicted molar refractivity (Wildman–Crippen MR) is 61.1 cm³/mol. The van der Waals surface area contributed by atoms with Crippen molar-refractivity contribution in [2.75, 3.05) is 0 Å². The van der Waals surface area contributed by atoms with E-state index in [0.29, 0.717) is 0 Å². The molecule has 0 aliphatic carbocycles. The van der Waals surface area contributed by atoms with E-state index in [1.165, 1.54) is 12.1 Å². The molecule has 0 heterocycles. The molecule has 0 amide bonds. The molecule has 2 aromatic rings. The lowest BCUT2D eigenvalue weighted by molar-refractivity contribution is -0.139. The molecule has 18 heavy (non-hydrogen) atoms. The Hall–Kier alpha value is -1.97. The van der Waals surface area contributed by atoms with Crippen molar-refractivity contribution in [3.63, 3.8) is 0 Å². The number of benzene rings is 2. The van der Waals surface area contributed by atoms with Gasteiger partial charge in [0.05, 0.1) is 5.56 Å². The van der Waals surface area contributed by atoms with Gasteiger partial charge in [0, 0.05) is 6.07 Å². The zero-order valence-corrected chi connectivity index (χ0v) is 9.37. The van der Waals surface area contributed by atoms with Gasteiger partial charge >= 0.3 is 6.18 Å². The highest BCUT2D eigenvalue weighted by Gasteiger charge is 2.34. The number of para-hydroxylation sites is 1. The first kappa shape index (κ1) is 12.5. The zero-order valence-electron chi connectivity index (χ0n) is 9.37. The molecule has 4 heteroatoms. The van der Waals surface area contributed by atoms with E-state index in [9.17, 15) is 13.2 Å². The highest BCUT2D eigenvalue weighted by Crippen LogP contribution is 2.35.